The van der Waals surface area contributed by atoms with Crippen molar-refractivity contribution in [1.82, 2.24) is 4.31 Å². The van der Waals surface area contributed by atoms with Crippen molar-refractivity contribution in [3.8, 4) is 0 Å². The van der Waals surface area contributed by atoms with Crippen LogP contribution in [0.1, 0.15) is 32.1 Å². The topological polar surface area (TPSA) is 72.6 Å². The van der Waals surface area contributed by atoms with Gasteiger partial charge in [-0.15, -0.1) is 12.4 Å². The summed E-state index contributed by atoms with van der Waals surface area (Å²) in [5.41, 5.74) is 5.82. The first-order valence-electron chi connectivity index (χ1n) is 6.43. The Balaban J connectivity index is 0.00000162. The fourth-order valence-electron chi connectivity index (χ4n) is 2.51. The molecule has 0 bridgehead atoms. The van der Waals surface area contributed by atoms with E-state index < -0.39 is 10.0 Å². The van der Waals surface area contributed by atoms with Gasteiger partial charge in [0.15, 0.2) is 0 Å². The molecule has 2 N–H and O–H groups in total. The van der Waals surface area contributed by atoms with Crippen LogP contribution in [-0.2, 0) is 14.8 Å². The lowest BCUT2D eigenvalue weighted by atomic mass is 10.1. The van der Waals surface area contributed by atoms with Crippen LogP contribution in [0.4, 0.5) is 0 Å². The third-order valence-corrected chi connectivity index (χ3v) is 5.40. The molecule has 5 nitrogen and oxygen atoms in total. The number of piperidine rings is 1. The summed E-state index contributed by atoms with van der Waals surface area (Å²) in [6.45, 7) is 1.78. The molecule has 2 atom stereocenters. The van der Waals surface area contributed by atoms with Gasteiger partial charge >= 0.3 is 0 Å². The summed E-state index contributed by atoms with van der Waals surface area (Å²) < 4.78 is 31.4. The maximum Gasteiger partial charge on any atom is 0.216 e. The van der Waals surface area contributed by atoms with Crippen LogP contribution >= 0.6 is 12.4 Å². The van der Waals surface area contributed by atoms with Gasteiger partial charge in [0, 0.05) is 25.7 Å². The SMILES string of the molecule is Cl.NC1CCCN(S(=O)(=O)CC2CCCCO2)C1. The van der Waals surface area contributed by atoms with E-state index in [0.29, 0.717) is 19.7 Å². The number of rotatable bonds is 3. The zero-order chi connectivity index (χ0) is 12.3. The smallest absolute Gasteiger partial charge is 0.216 e. The van der Waals surface area contributed by atoms with Crippen molar-refractivity contribution in [2.45, 2.75) is 44.2 Å². The molecule has 2 aliphatic rings. The van der Waals surface area contributed by atoms with Crippen molar-refractivity contribution >= 4 is 22.4 Å². The Labute approximate surface area is 116 Å². The van der Waals surface area contributed by atoms with E-state index >= 15 is 0 Å². The first kappa shape index (κ1) is 16.2. The minimum atomic E-state index is -3.19. The lowest BCUT2D eigenvalue weighted by Gasteiger charge is -2.32. The summed E-state index contributed by atoms with van der Waals surface area (Å²) in [7, 11) is -3.19. The molecular formula is C11H23ClN2O3S. The average molecular weight is 299 g/mol. The van der Waals surface area contributed by atoms with E-state index in [1.807, 2.05) is 0 Å². The molecule has 2 saturated heterocycles. The van der Waals surface area contributed by atoms with Crippen LogP contribution in [0.2, 0.25) is 0 Å². The van der Waals surface area contributed by atoms with Gasteiger partial charge in [0.25, 0.3) is 0 Å². The van der Waals surface area contributed by atoms with Crippen LogP contribution in [0, 0.1) is 0 Å². The fraction of sp³-hybridized carbons (Fsp3) is 1.00. The largest absolute Gasteiger partial charge is 0.377 e. The molecule has 2 heterocycles. The molecule has 0 aliphatic carbocycles. The summed E-state index contributed by atoms with van der Waals surface area (Å²) in [4.78, 5) is 0. The van der Waals surface area contributed by atoms with Gasteiger partial charge in [-0.05, 0) is 32.1 Å². The Morgan fingerprint density at radius 2 is 2.00 bits per heavy atom. The first-order valence-corrected chi connectivity index (χ1v) is 8.04. The van der Waals surface area contributed by atoms with Crippen molar-refractivity contribution < 1.29 is 13.2 Å². The predicted octanol–water partition coefficient (Wildman–Crippen LogP) is 0.730. The number of nitrogens with two attached hydrogens (primary N) is 1. The molecule has 2 rings (SSSR count). The van der Waals surface area contributed by atoms with E-state index in [4.69, 9.17) is 10.5 Å². The number of hydrogen-bond donors (Lipinski definition) is 1. The van der Waals surface area contributed by atoms with E-state index in [9.17, 15) is 8.42 Å². The summed E-state index contributed by atoms with van der Waals surface area (Å²) in [6, 6.07) is -0.00852. The Morgan fingerprint density at radius 3 is 2.61 bits per heavy atom. The number of halogens is 1. The third kappa shape index (κ3) is 4.35. The Morgan fingerprint density at radius 1 is 1.22 bits per heavy atom. The highest BCUT2D eigenvalue weighted by molar-refractivity contribution is 7.89. The molecule has 0 spiro atoms. The van der Waals surface area contributed by atoms with Gasteiger partial charge in [-0.3, -0.25) is 0 Å². The highest BCUT2D eigenvalue weighted by atomic mass is 35.5. The van der Waals surface area contributed by atoms with Gasteiger partial charge < -0.3 is 10.5 Å². The molecule has 0 radical (unpaired) electrons. The molecule has 18 heavy (non-hydrogen) atoms. The van der Waals surface area contributed by atoms with Gasteiger partial charge in [0.05, 0.1) is 11.9 Å². The molecule has 0 saturated carbocycles. The minimum absolute atomic E-state index is 0. The van der Waals surface area contributed by atoms with Crippen LogP contribution in [0.5, 0.6) is 0 Å². The molecule has 108 valence electrons. The third-order valence-electron chi connectivity index (χ3n) is 3.48. The van der Waals surface area contributed by atoms with E-state index in [0.717, 1.165) is 32.1 Å². The van der Waals surface area contributed by atoms with E-state index in [-0.39, 0.29) is 30.3 Å². The van der Waals surface area contributed by atoms with Crippen molar-refractivity contribution in [1.29, 1.82) is 0 Å². The van der Waals surface area contributed by atoms with Crippen LogP contribution in [0.15, 0.2) is 0 Å². The molecule has 2 fully saturated rings. The molecular weight excluding hydrogens is 276 g/mol. The number of sulfonamides is 1. The lowest BCUT2D eigenvalue weighted by Crippen LogP contribution is -2.48. The molecule has 2 aliphatic heterocycles. The Kier molecular flexibility index (Phi) is 6.34. The highest BCUT2D eigenvalue weighted by Crippen LogP contribution is 2.18. The van der Waals surface area contributed by atoms with Crippen molar-refractivity contribution in [2.75, 3.05) is 25.4 Å². The summed E-state index contributed by atoms with van der Waals surface area (Å²) >= 11 is 0. The second-order valence-electron chi connectivity index (χ2n) is 5.03. The first-order chi connectivity index (χ1) is 8.08. The summed E-state index contributed by atoms with van der Waals surface area (Å²) in [6.07, 6.45) is 4.65. The summed E-state index contributed by atoms with van der Waals surface area (Å²) in [5.74, 6) is 0.125. The monoisotopic (exact) mass is 298 g/mol. The normalized spacial score (nSPS) is 30.7. The van der Waals surface area contributed by atoms with E-state index in [2.05, 4.69) is 0 Å². The van der Waals surface area contributed by atoms with Gasteiger partial charge in [-0.25, -0.2) is 12.7 Å². The Hall–Kier alpha value is 0.120. The van der Waals surface area contributed by atoms with Crippen LogP contribution in [0.25, 0.3) is 0 Å². The number of nitrogens with zero attached hydrogens (tertiary/aromatic N) is 1. The molecule has 0 aromatic heterocycles. The Bertz CT molecular complexity index is 344. The molecule has 7 heteroatoms. The predicted molar refractivity (Wildman–Crippen MR) is 73.4 cm³/mol. The molecule has 2 unspecified atom stereocenters. The molecule has 0 aromatic rings. The quantitative estimate of drug-likeness (QED) is 0.834. The van der Waals surface area contributed by atoms with Gasteiger partial charge in [-0.1, -0.05) is 0 Å². The molecule has 0 aromatic carbocycles. The zero-order valence-corrected chi connectivity index (χ0v) is 12.2. The minimum Gasteiger partial charge on any atom is -0.377 e. The van der Waals surface area contributed by atoms with Gasteiger partial charge in [0.1, 0.15) is 0 Å². The zero-order valence-electron chi connectivity index (χ0n) is 10.6. The summed E-state index contributed by atoms with van der Waals surface area (Å²) in [5, 5.41) is 0. The second-order valence-corrected chi connectivity index (χ2v) is 7.04. The highest BCUT2D eigenvalue weighted by Gasteiger charge is 2.30. The lowest BCUT2D eigenvalue weighted by molar-refractivity contribution is 0.0298. The van der Waals surface area contributed by atoms with Gasteiger partial charge in [-0.2, -0.15) is 0 Å². The van der Waals surface area contributed by atoms with Crippen LogP contribution < -0.4 is 5.73 Å². The fourth-order valence-corrected chi connectivity index (χ4v) is 4.28. The van der Waals surface area contributed by atoms with E-state index in [1.54, 1.807) is 4.31 Å². The number of hydrogen-bond acceptors (Lipinski definition) is 4. The maximum atomic E-state index is 12.2. The molecule has 0 amide bonds. The van der Waals surface area contributed by atoms with Crippen LogP contribution in [-0.4, -0.2) is 50.3 Å². The van der Waals surface area contributed by atoms with Gasteiger partial charge in [0.2, 0.25) is 10.0 Å². The second kappa shape index (κ2) is 7.05. The van der Waals surface area contributed by atoms with Crippen molar-refractivity contribution in [3.63, 3.8) is 0 Å². The van der Waals surface area contributed by atoms with E-state index in [1.165, 1.54) is 0 Å². The average Bonchev–Trinajstić information content (AvgIpc) is 2.30. The van der Waals surface area contributed by atoms with Crippen LogP contribution in [0.3, 0.4) is 0 Å². The van der Waals surface area contributed by atoms with Crippen molar-refractivity contribution in [3.05, 3.63) is 0 Å². The standard InChI is InChI=1S/C11H22N2O3S.ClH/c12-10-4-3-6-13(8-10)17(14,15)9-11-5-1-2-7-16-11;/h10-11H,1-9,12H2;1H. The van der Waals surface area contributed by atoms with Crippen molar-refractivity contribution in [2.24, 2.45) is 5.73 Å². The maximum absolute atomic E-state index is 12.2. The number of ether oxygens (including phenoxy) is 1.